The van der Waals surface area contributed by atoms with Gasteiger partial charge in [-0.1, -0.05) is 42.0 Å². The molecule has 0 unspecified atom stereocenters. The van der Waals surface area contributed by atoms with Crippen LogP contribution in [0.1, 0.15) is 46.0 Å². The predicted octanol–water partition coefficient (Wildman–Crippen LogP) is 5.93. The molecular weight excluding hydrogens is 467 g/mol. The summed E-state index contributed by atoms with van der Waals surface area (Å²) in [7, 11) is 1.61. The van der Waals surface area contributed by atoms with E-state index in [4.69, 9.17) is 4.74 Å². The molecule has 1 saturated heterocycles. The van der Waals surface area contributed by atoms with Gasteiger partial charge in [0.25, 0.3) is 11.8 Å². The first-order chi connectivity index (χ1) is 17.9. The number of benzene rings is 3. The Bertz CT molecular complexity index is 1220. The Hall–Kier alpha value is -3.93. The highest BCUT2D eigenvalue weighted by Crippen LogP contribution is 2.23. The summed E-state index contributed by atoms with van der Waals surface area (Å²) < 4.78 is 18.5. The van der Waals surface area contributed by atoms with Crippen LogP contribution in [0.5, 0.6) is 5.75 Å². The zero-order valence-corrected chi connectivity index (χ0v) is 21.4. The maximum atomic E-state index is 13.6. The van der Waals surface area contributed by atoms with Crippen LogP contribution in [0.25, 0.3) is 6.08 Å². The van der Waals surface area contributed by atoms with Gasteiger partial charge in [-0.2, -0.15) is 0 Å². The van der Waals surface area contributed by atoms with Crippen molar-refractivity contribution in [3.05, 3.63) is 107 Å². The quantitative estimate of drug-likeness (QED) is 0.385. The van der Waals surface area contributed by atoms with Gasteiger partial charge in [0.15, 0.2) is 0 Å². The first-order valence-electron chi connectivity index (χ1n) is 12.6. The molecule has 0 aromatic heterocycles. The molecule has 192 valence electrons. The fourth-order valence-corrected chi connectivity index (χ4v) is 4.72. The Morgan fingerprint density at radius 2 is 1.57 bits per heavy atom. The lowest BCUT2D eigenvalue weighted by Crippen LogP contribution is -2.43. The number of nitrogens with zero attached hydrogens (tertiary/aromatic N) is 2. The van der Waals surface area contributed by atoms with Crippen LogP contribution in [0.3, 0.4) is 0 Å². The number of hydrogen-bond acceptors (Lipinski definition) is 3. The SMILES string of the molecule is COc1ccc(C(=O)N(C/C(C)=C\c2ccccc2)CC2CCN(C(=O)c3ccc(F)cc3)CC2)cc1. The molecule has 3 aromatic rings. The average Bonchev–Trinajstić information content (AvgIpc) is 2.93. The normalized spacial score (nSPS) is 14.4. The summed E-state index contributed by atoms with van der Waals surface area (Å²) in [4.78, 5) is 30.1. The molecule has 5 nitrogen and oxygen atoms in total. The maximum absolute atomic E-state index is 13.6. The van der Waals surface area contributed by atoms with Gasteiger partial charge in [-0.05, 0) is 79.8 Å². The number of carbonyl (C=O) groups is 2. The molecule has 1 aliphatic heterocycles. The van der Waals surface area contributed by atoms with Gasteiger partial charge in [-0.25, -0.2) is 4.39 Å². The highest BCUT2D eigenvalue weighted by Gasteiger charge is 2.27. The highest BCUT2D eigenvalue weighted by atomic mass is 19.1. The molecule has 4 rings (SSSR count). The number of methoxy groups -OCH3 is 1. The van der Waals surface area contributed by atoms with Crippen molar-refractivity contribution in [1.82, 2.24) is 9.80 Å². The summed E-state index contributed by atoms with van der Waals surface area (Å²) in [6.45, 7) is 4.41. The molecular formula is C31H33FN2O3. The second-order valence-corrected chi connectivity index (χ2v) is 9.56. The number of hydrogen-bond donors (Lipinski definition) is 0. The third kappa shape index (κ3) is 7.06. The third-order valence-electron chi connectivity index (χ3n) is 6.75. The van der Waals surface area contributed by atoms with Crippen molar-refractivity contribution in [3.63, 3.8) is 0 Å². The van der Waals surface area contributed by atoms with E-state index in [2.05, 4.69) is 6.08 Å². The lowest BCUT2D eigenvalue weighted by molar-refractivity contribution is 0.0619. The van der Waals surface area contributed by atoms with E-state index in [-0.39, 0.29) is 23.5 Å². The molecule has 0 N–H and O–H groups in total. The molecule has 1 aliphatic rings. The fraction of sp³-hybridized carbons (Fsp3) is 0.290. The largest absolute Gasteiger partial charge is 0.497 e. The zero-order chi connectivity index (χ0) is 26.2. The minimum absolute atomic E-state index is 0.0201. The van der Waals surface area contributed by atoms with E-state index in [1.54, 1.807) is 31.4 Å². The van der Waals surface area contributed by atoms with E-state index in [1.807, 2.05) is 47.1 Å². The Morgan fingerprint density at radius 1 is 0.946 bits per heavy atom. The molecule has 0 saturated carbocycles. The van der Waals surface area contributed by atoms with Gasteiger partial charge in [-0.15, -0.1) is 0 Å². The van der Waals surface area contributed by atoms with Crippen LogP contribution in [-0.4, -0.2) is 54.9 Å². The number of halogens is 1. The minimum atomic E-state index is -0.353. The number of carbonyl (C=O) groups excluding carboxylic acids is 2. The van der Waals surface area contributed by atoms with Gasteiger partial charge < -0.3 is 14.5 Å². The monoisotopic (exact) mass is 500 g/mol. The Kier molecular flexibility index (Phi) is 8.72. The minimum Gasteiger partial charge on any atom is -0.497 e. The van der Waals surface area contributed by atoms with Gasteiger partial charge in [0.2, 0.25) is 0 Å². The van der Waals surface area contributed by atoms with Crippen LogP contribution in [0, 0.1) is 11.7 Å². The summed E-state index contributed by atoms with van der Waals surface area (Å²) >= 11 is 0. The van der Waals surface area contributed by atoms with Crippen molar-refractivity contribution in [2.24, 2.45) is 5.92 Å². The standard InChI is InChI=1S/C31H33FN2O3/c1-23(20-24-6-4-3-5-7-24)21-34(31(36)27-10-14-29(37-2)15-11-27)22-25-16-18-33(19-17-25)30(35)26-8-12-28(32)13-9-26/h3-15,20,25H,16-19,21-22H2,1-2H3/b23-20-. The van der Waals surface area contributed by atoms with Crippen molar-refractivity contribution >= 4 is 17.9 Å². The van der Waals surface area contributed by atoms with Crippen molar-refractivity contribution in [2.45, 2.75) is 19.8 Å². The summed E-state index contributed by atoms with van der Waals surface area (Å²) in [5, 5.41) is 0. The maximum Gasteiger partial charge on any atom is 0.254 e. The zero-order valence-electron chi connectivity index (χ0n) is 21.4. The lowest BCUT2D eigenvalue weighted by atomic mass is 9.95. The molecule has 0 atom stereocenters. The molecule has 2 amide bonds. The second kappa shape index (κ2) is 12.3. The number of rotatable bonds is 8. The van der Waals surface area contributed by atoms with Crippen LogP contribution in [-0.2, 0) is 0 Å². The molecule has 3 aromatic carbocycles. The smallest absolute Gasteiger partial charge is 0.254 e. The van der Waals surface area contributed by atoms with Crippen LogP contribution in [0.2, 0.25) is 0 Å². The molecule has 37 heavy (non-hydrogen) atoms. The molecule has 0 spiro atoms. The van der Waals surface area contributed by atoms with E-state index in [0.29, 0.717) is 43.1 Å². The Labute approximate surface area is 218 Å². The topological polar surface area (TPSA) is 49.9 Å². The summed E-state index contributed by atoms with van der Waals surface area (Å²) in [5.41, 5.74) is 3.32. The average molecular weight is 501 g/mol. The number of likely N-dealkylation sites (tertiary alicyclic amines) is 1. The van der Waals surface area contributed by atoms with Gasteiger partial charge >= 0.3 is 0 Å². The predicted molar refractivity (Wildman–Crippen MR) is 144 cm³/mol. The van der Waals surface area contributed by atoms with Crippen LogP contribution in [0.4, 0.5) is 4.39 Å². The second-order valence-electron chi connectivity index (χ2n) is 9.56. The number of piperidine rings is 1. The van der Waals surface area contributed by atoms with E-state index < -0.39 is 0 Å². The first kappa shape index (κ1) is 26.1. The first-order valence-corrected chi connectivity index (χ1v) is 12.6. The molecule has 1 fully saturated rings. The number of ether oxygens (including phenoxy) is 1. The highest BCUT2D eigenvalue weighted by molar-refractivity contribution is 5.95. The van der Waals surface area contributed by atoms with Crippen LogP contribution >= 0.6 is 0 Å². The van der Waals surface area contributed by atoms with Gasteiger partial charge in [-0.3, -0.25) is 9.59 Å². The summed E-state index contributed by atoms with van der Waals surface area (Å²) in [6, 6.07) is 23.0. The Morgan fingerprint density at radius 3 is 2.19 bits per heavy atom. The van der Waals surface area contributed by atoms with Crippen LogP contribution < -0.4 is 4.74 Å². The van der Waals surface area contributed by atoms with E-state index in [9.17, 15) is 14.0 Å². The molecule has 0 radical (unpaired) electrons. The lowest BCUT2D eigenvalue weighted by Gasteiger charge is -2.35. The van der Waals surface area contributed by atoms with Crippen molar-refractivity contribution in [2.75, 3.05) is 33.3 Å². The molecule has 0 aliphatic carbocycles. The number of amides is 2. The van der Waals surface area contributed by atoms with Crippen LogP contribution in [0.15, 0.2) is 84.4 Å². The molecule has 0 bridgehead atoms. The summed E-state index contributed by atoms with van der Waals surface area (Å²) in [6.07, 6.45) is 3.72. The van der Waals surface area contributed by atoms with E-state index in [1.165, 1.54) is 24.3 Å². The summed E-state index contributed by atoms with van der Waals surface area (Å²) in [5.74, 6) is 0.540. The third-order valence-corrected chi connectivity index (χ3v) is 6.75. The fourth-order valence-electron chi connectivity index (χ4n) is 4.72. The molecule has 6 heteroatoms. The van der Waals surface area contributed by atoms with Gasteiger partial charge in [0.05, 0.1) is 7.11 Å². The van der Waals surface area contributed by atoms with Crippen molar-refractivity contribution in [3.8, 4) is 5.75 Å². The van der Waals surface area contributed by atoms with Gasteiger partial charge in [0, 0.05) is 37.3 Å². The van der Waals surface area contributed by atoms with E-state index >= 15 is 0 Å². The van der Waals surface area contributed by atoms with Crippen molar-refractivity contribution in [1.29, 1.82) is 0 Å². The Balaban J connectivity index is 1.44. The van der Waals surface area contributed by atoms with E-state index in [0.717, 1.165) is 24.0 Å². The molecule has 1 heterocycles. The van der Waals surface area contributed by atoms with Gasteiger partial charge in [0.1, 0.15) is 11.6 Å². The van der Waals surface area contributed by atoms with Crippen molar-refractivity contribution < 1.29 is 18.7 Å².